The lowest BCUT2D eigenvalue weighted by Crippen LogP contribution is -2.25. The van der Waals surface area contributed by atoms with Crippen LogP contribution in [0.3, 0.4) is 0 Å². The molecule has 96 valence electrons. The lowest BCUT2D eigenvalue weighted by molar-refractivity contribution is 0.303. The first-order chi connectivity index (χ1) is 8.30. The van der Waals surface area contributed by atoms with Crippen LogP contribution >= 0.6 is 0 Å². The predicted molar refractivity (Wildman–Crippen MR) is 72.5 cm³/mol. The molecule has 0 spiro atoms. The number of nitrogens with zero attached hydrogens (tertiary/aromatic N) is 3. The SMILES string of the molecule is CCN(CC)CCCNc1cncc(NC)n1. The first kappa shape index (κ1) is 13.7. The highest BCUT2D eigenvalue weighted by Gasteiger charge is 1.99. The maximum atomic E-state index is 4.35. The number of hydrogen-bond acceptors (Lipinski definition) is 5. The van der Waals surface area contributed by atoms with E-state index in [0.717, 1.165) is 44.2 Å². The Labute approximate surface area is 104 Å². The van der Waals surface area contributed by atoms with Crippen LogP contribution < -0.4 is 10.6 Å². The molecule has 1 aromatic heterocycles. The van der Waals surface area contributed by atoms with Crippen molar-refractivity contribution >= 4 is 11.6 Å². The molecule has 0 saturated carbocycles. The Bertz CT molecular complexity index is 312. The highest BCUT2D eigenvalue weighted by Crippen LogP contribution is 2.05. The summed E-state index contributed by atoms with van der Waals surface area (Å²) in [4.78, 5) is 10.9. The van der Waals surface area contributed by atoms with Crippen molar-refractivity contribution in [2.24, 2.45) is 0 Å². The summed E-state index contributed by atoms with van der Waals surface area (Å²) in [6.07, 6.45) is 4.58. The van der Waals surface area contributed by atoms with Crippen molar-refractivity contribution in [2.45, 2.75) is 20.3 Å². The van der Waals surface area contributed by atoms with Gasteiger partial charge in [-0.2, -0.15) is 0 Å². The summed E-state index contributed by atoms with van der Waals surface area (Å²) < 4.78 is 0. The second kappa shape index (κ2) is 7.84. The van der Waals surface area contributed by atoms with Crippen LogP contribution in [0.15, 0.2) is 12.4 Å². The molecule has 0 aliphatic heterocycles. The molecule has 0 unspecified atom stereocenters. The van der Waals surface area contributed by atoms with Crippen LogP contribution in [-0.2, 0) is 0 Å². The molecule has 0 bridgehead atoms. The van der Waals surface area contributed by atoms with Gasteiger partial charge < -0.3 is 15.5 Å². The van der Waals surface area contributed by atoms with Gasteiger partial charge in [-0.15, -0.1) is 0 Å². The van der Waals surface area contributed by atoms with Crippen molar-refractivity contribution in [1.82, 2.24) is 14.9 Å². The zero-order valence-electron chi connectivity index (χ0n) is 11.0. The molecule has 0 aliphatic carbocycles. The molecule has 1 heterocycles. The summed E-state index contributed by atoms with van der Waals surface area (Å²) in [5, 5.41) is 6.26. The summed E-state index contributed by atoms with van der Waals surface area (Å²) in [6, 6.07) is 0. The molecule has 0 fully saturated rings. The van der Waals surface area contributed by atoms with E-state index in [1.54, 1.807) is 12.4 Å². The Kier molecular flexibility index (Phi) is 6.32. The van der Waals surface area contributed by atoms with Crippen molar-refractivity contribution in [1.29, 1.82) is 0 Å². The molecule has 0 aromatic carbocycles. The minimum absolute atomic E-state index is 0.791. The Morgan fingerprint density at radius 3 is 2.53 bits per heavy atom. The molecule has 1 aromatic rings. The second-order valence-electron chi connectivity index (χ2n) is 3.85. The summed E-state index contributed by atoms with van der Waals surface area (Å²) in [5.74, 6) is 1.62. The Morgan fingerprint density at radius 2 is 1.88 bits per heavy atom. The third kappa shape index (κ3) is 4.99. The van der Waals surface area contributed by atoms with Gasteiger partial charge in [-0.05, 0) is 26.1 Å². The molecule has 5 heteroatoms. The van der Waals surface area contributed by atoms with Gasteiger partial charge in [0.15, 0.2) is 0 Å². The van der Waals surface area contributed by atoms with Crippen molar-refractivity contribution in [3.8, 4) is 0 Å². The molecule has 1 rings (SSSR count). The molecule has 0 radical (unpaired) electrons. The third-order valence-corrected chi connectivity index (χ3v) is 2.74. The van der Waals surface area contributed by atoms with Gasteiger partial charge in [0, 0.05) is 13.6 Å². The van der Waals surface area contributed by atoms with E-state index in [1.807, 2.05) is 7.05 Å². The van der Waals surface area contributed by atoms with E-state index in [4.69, 9.17) is 0 Å². The normalized spacial score (nSPS) is 10.6. The smallest absolute Gasteiger partial charge is 0.146 e. The topological polar surface area (TPSA) is 53.1 Å². The standard InChI is InChI=1S/C12H23N5/c1-4-17(5-2)8-6-7-15-12-10-14-9-11(13-3)16-12/h9-10H,4-8H2,1-3H3,(H2,13,15,16). The second-order valence-corrected chi connectivity index (χ2v) is 3.85. The van der Waals surface area contributed by atoms with E-state index in [9.17, 15) is 0 Å². The van der Waals surface area contributed by atoms with Crippen LogP contribution in [0.25, 0.3) is 0 Å². The van der Waals surface area contributed by atoms with Crippen LogP contribution in [-0.4, -0.2) is 48.1 Å². The van der Waals surface area contributed by atoms with E-state index in [0.29, 0.717) is 0 Å². The van der Waals surface area contributed by atoms with Crippen molar-refractivity contribution < 1.29 is 0 Å². The first-order valence-corrected chi connectivity index (χ1v) is 6.26. The van der Waals surface area contributed by atoms with Crippen LogP contribution in [0, 0.1) is 0 Å². The van der Waals surface area contributed by atoms with Crippen molar-refractivity contribution in [3.05, 3.63) is 12.4 Å². The van der Waals surface area contributed by atoms with Crippen LogP contribution in [0.2, 0.25) is 0 Å². The third-order valence-electron chi connectivity index (χ3n) is 2.74. The Morgan fingerprint density at radius 1 is 1.18 bits per heavy atom. The van der Waals surface area contributed by atoms with Gasteiger partial charge in [-0.25, -0.2) is 4.98 Å². The summed E-state index contributed by atoms with van der Waals surface area (Å²) in [5.41, 5.74) is 0. The molecular weight excluding hydrogens is 214 g/mol. The Hall–Kier alpha value is -1.36. The first-order valence-electron chi connectivity index (χ1n) is 6.26. The minimum Gasteiger partial charge on any atom is -0.372 e. The number of aromatic nitrogens is 2. The molecule has 0 amide bonds. The summed E-state index contributed by atoms with van der Waals surface area (Å²) in [6.45, 7) is 8.67. The van der Waals surface area contributed by atoms with Gasteiger partial charge >= 0.3 is 0 Å². The molecule has 17 heavy (non-hydrogen) atoms. The maximum Gasteiger partial charge on any atom is 0.146 e. The molecule has 0 atom stereocenters. The van der Waals surface area contributed by atoms with E-state index in [-0.39, 0.29) is 0 Å². The fraction of sp³-hybridized carbons (Fsp3) is 0.667. The lowest BCUT2D eigenvalue weighted by atomic mass is 10.3. The molecule has 0 saturated heterocycles. The van der Waals surface area contributed by atoms with Gasteiger partial charge in [0.05, 0.1) is 12.4 Å². The van der Waals surface area contributed by atoms with Crippen LogP contribution in [0.5, 0.6) is 0 Å². The molecular formula is C12H23N5. The Balaban J connectivity index is 2.26. The fourth-order valence-corrected chi connectivity index (χ4v) is 1.63. The number of nitrogens with one attached hydrogen (secondary N) is 2. The zero-order chi connectivity index (χ0) is 12.5. The predicted octanol–water partition coefficient (Wildman–Crippen LogP) is 1.66. The fourth-order valence-electron chi connectivity index (χ4n) is 1.63. The average molecular weight is 237 g/mol. The molecule has 0 aliphatic rings. The monoisotopic (exact) mass is 237 g/mol. The van der Waals surface area contributed by atoms with Crippen molar-refractivity contribution in [2.75, 3.05) is 43.9 Å². The largest absolute Gasteiger partial charge is 0.372 e. The van der Waals surface area contributed by atoms with Crippen molar-refractivity contribution in [3.63, 3.8) is 0 Å². The average Bonchev–Trinajstić information content (AvgIpc) is 2.39. The van der Waals surface area contributed by atoms with Crippen LogP contribution in [0.1, 0.15) is 20.3 Å². The van der Waals surface area contributed by atoms with E-state index >= 15 is 0 Å². The van der Waals surface area contributed by atoms with Gasteiger partial charge in [-0.1, -0.05) is 13.8 Å². The van der Waals surface area contributed by atoms with Gasteiger partial charge in [0.1, 0.15) is 11.6 Å². The van der Waals surface area contributed by atoms with Gasteiger partial charge in [0.2, 0.25) is 0 Å². The van der Waals surface area contributed by atoms with Crippen LogP contribution in [0.4, 0.5) is 11.6 Å². The van der Waals surface area contributed by atoms with E-state index in [1.165, 1.54) is 0 Å². The molecule has 5 nitrogen and oxygen atoms in total. The number of rotatable bonds is 8. The van der Waals surface area contributed by atoms with Gasteiger partial charge in [0.25, 0.3) is 0 Å². The minimum atomic E-state index is 0.791. The lowest BCUT2D eigenvalue weighted by Gasteiger charge is -2.17. The van der Waals surface area contributed by atoms with E-state index in [2.05, 4.69) is 39.3 Å². The quantitative estimate of drug-likeness (QED) is 0.674. The maximum absolute atomic E-state index is 4.35. The highest BCUT2D eigenvalue weighted by atomic mass is 15.1. The summed E-state index contributed by atoms with van der Waals surface area (Å²) in [7, 11) is 1.84. The van der Waals surface area contributed by atoms with E-state index < -0.39 is 0 Å². The van der Waals surface area contributed by atoms with Gasteiger partial charge in [-0.3, -0.25) is 4.98 Å². The summed E-state index contributed by atoms with van der Waals surface area (Å²) >= 11 is 0. The zero-order valence-corrected chi connectivity index (χ0v) is 11.0. The number of hydrogen-bond donors (Lipinski definition) is 2. The highest BCUT2D eigenvalue weighted by molar-refractivity contribution is 5.40. The number of anilines is 2. The molecule has 2 N–H and O–H groups in total.